The number of ether oxygens (including phenoxy) is 1. The van der Waals surface area contributed by atoms with Gasteiger partial charge in [-0.05, 0) is 36.8 Å². The number of hydrogen-bond acceptors (Lipinski definition) is 2. The van der Waals surface area contributed by atoms with Crippen molar-refractivity contribution in [2.24, 2.45) is 0 Å². The standard InChI is InChI=1S/C12H13NO/c1-9(14-8-13)10-2-4-11(5-3-10)12-6-7-12/h2-5,9,12H,6-7H2,1H3/t9-/m0/s1. The zero-order chi connectivity index (χ0) is 9.97. The van der Waals surface area contributed by atoms with Crippen molar-refractivity contribution in [1.29, 1.82) is 5.26 Å². The van der Waals surface area contributed by atoms with E-state index in [0.29, 0.717) is 0 Å². The second-order valence-corrected chi connectivity index (χ2v) is 3.79. The Morgan fingerprint density at radius 1 is 1.36 bits per heavy atom. The fourth-order valence-corrected chi connectivity index (χ4v) is 1.60. The molecule has 14 heavy (non-hydrogen) atoms. The second kappa shape index (κ2) is 3.71. The van der Waals surface area contributed by atoms with Gasteiger partial charge in [0.25, 0.3) is 6.26 Å². The molecule has 0 saturated heterocycles. The highest BCUT2D eigenvalue weighted by atomic mass is 16.5. The first-order valence-electron chi connectivity index (χ1n) is 4.96. The first-order valence-corrected chi connectivity index (χ1v) is 4.96. The van der Waals surface area contributed by atoms with Crippen molar-refractivity contribution < 1.29 is 4.74 Å². The molecule has 1 aliphatic rings. The molecule has 0 unspecified atom stereocenters. The van der Waals surface area contributed by atoms with E-state index in [1.807, 2.05) is 6.92 Å². The number of rotatable bonds is 3. The molecular weight excluding hydrogens is 174 g/mol. The van der Waals surface area contributed by atoms with Gasteiger partial charge in [-0.3, -0.25) is 0 Å². The van der Waals surface area contributed by atoms with E-state index in [0.717, 1.165) is 11.5 Å². The van der Waals surface area contributed by atoms with Crippen molar-refractivity contribution in [2.45, 2.75) is 31.8 Å². The quantitative estimate of drug-likeness (QED) is 0.681. The predicted octanol–water partition coefficient (Wildman–Crippen LogP) is 3.12. The average Bonchev–Trinajstić information content (AvgIpc) is 3.02. The molecule has 0 spiro atoms. The average molecular weight is 187 g/mol. The molecule has 0 aliphatic heterocycles. The van der Waals surface area contributed by atoms with E-state index in [1.165, 1.54) is 18.4 Å². The largest absolute Gasteiger partial charge is 0.420 e. The summed E-state index contributed by atoms with van der Waals surface area (Å²) in [4.78, 5) is 0. The zero-order valence-electron chi connectivity index (χ0n) is 8.23. The molecule has 1 fully saturated rings. The van der Waals surface area contributed by atoms with Crippen LogP contribution < -0.4 is 0 Å². The highest BCUT2D eigenvalue weighted by Gasteiger charge is 2.23. The molecule has 1 aromatic carbocycles. The Bertz CT molecular complexity index is 346. The fourth-order valence-electron chi connectivity index (χ4n) is 1.60. The van der Waals surface area contributed by atoms with Crippen LogP contribution in [0, 0.1) is 11.5 Å². The van der Waals surface area contributed by atoms with Gasteiger partial charge in [-0.1, -0.05) is 24.3 Å². The molecule has 72 valence electrons. The molecule has 2 nitrogen and oxygen atoms in total. The van der Waals surface area contributed by atoms with Crippen LogP contribution in [0.3, 0.4) is 0 Å². The first kappa shape index (κ1) is 9.08. The van der Waals surface area contributed by atoms with E-state index in [-0.39, 0.29) is 6.10 Å². The van der Waals surface area contributed by atoms with E-state index in [2.05, 4.69) is 24.3 Å². The van der Waals surface area contributed by atoms with Gasteiger partial charge in [0.1, 0.15) is 6.10 Å². The summed E-state index contributed by atoms with van der Waals surface area (Å²) in [6.07, 6.45) is 4.23. The van der Waals surface area contributed by atoms with Crippen LogP contribution in [0.15, 0.2) is 24.3 Å². The lowest BCUT2D eigenvalue weighted by Crippen LogP contribution is -1.95. The third-order valence-corrected chi connectivity index (χ3v) is 2.68. The Labute approximate surface area is 84.1 Å². The maximum atomic E-state index is 8.38. The van der Waals surface area contributed by atoms with E-state index < -0.39 is 0 Å². The molecule has 1 saturated carbocycles. The summed E-state index contributed by atoms with van der Waals surface area (Å²) in [6.45, 7) is 1.88. The highest BCUT2D eigenvalue weighted by Crippen LogP contribution is 2.40. The van der Waals surface area contributed by atoms with Crippen molar-refractivity contribution >= 4 is 0 Å². The smallest absolute Gasteiger partial charge is 0.286 e. The Hall–Kier alpha value is -1.49. The van der Waals surface area contributed by atoms with Gasteiger partial charge >= 0.3 is 0 Å². The van der Waals surface area contributed by atoms with Gasteiger partial charge in [-0.25, -0.2) is 0 Å². The lowest BCUT2D eigenvalue weighted by Gasteiger charge is -2.08. The number of nitrogens with zero attached hydrogens (tertiary/aromatic N) is 1. The minimum atomic E-state index is -0.131. The minimum Gasteiger partial charge on any atom is -0.420 e. The van der Waals surface area contributed by atoms with Gasteiger partial charge in [-0.2, -0.15) is 5.26 Å². The lowest BCUT2D eigenvalue weighted by atomic mass is 10.1. The van der Waals surface area contributed by atoms with Crippen molar-refractivity contribution in [2.75, 3.05) is 0 Å². The van der Waals surface area contributed by atoms with Crippen LogP contribution in [-0.2, 0) is 4.74 Å². The molecule has 2 rings (SSSR count). The van der Waals surface area contributed by atoms with Crippen molar-refractivity contribution in [1.82, 2.24) is 0 Å². The van der Waals surface area contributed by atoms with E-state index in [9.17, 15) is 0 Å². The normalized spacial score (nSPS) is 17.1. The maximum Gasteiger partial charge on any atom is 0.286 e. The van der Waals surface area contributed by atoms with Gasteiger partial charge in [-0.15, -0.1) is 0 Å². The van der Waals surface area contributed by atoms with Crippen LogP contribution in [0.5, 0.6) is 0 Å². The monoisotopic (exact) mass is 187 g/mol. The number of benzene rings is 1. The molecule has 0 amide bonds. The van der Waals surface area contributed by atoms with Crippen molar-refractivity contribution in [3.05, 3.63) is 35.4 Å². The third kappa shape index (κ3) is 1.88. The lowest BCUT2D eigenvalue weighted by molar-refractivity contribution is 0.182. The van der Waals surface area contributed by atoms with Crippen LogP contribution in [0.4, 0.5) is 0 Å². The van der Waals surface area contributed by atoms with Crippen LogP contribution in [0.25, 0.3) is 0 Å². The number of nitriles is 1. The van der Waals surface area contributed by atoms with E-state index in [4.69, 9.17) is 10.00 Å². The fraction of sp³-hybridized carbons (Fsp3) is 0.417. The molecule has 0 aromatic heterocycles. The van der Waals surface area contributed by atoms with Crippen LogP contribution in [0.2, 0.25) is 0 Å². The summed E-state index contributed by atoms with van der Waals surface area (Å²) in [5, 5.41) is 8.38. The van der Waals surface area contributed by atoms with Crippen molar-refractivity contribution in [3.8, 4) is 6.26 Å². The summed E-state index contributed by atoms with van der Waals surface area (Å²) in [5.74, 6) is 0.788. The molecule has 2 heteroatoms. The summed E-state index contributed by atoms with van der Waals surface area (Å²) in [6, 6.07) is 8.39. The van der Waals surface area contributed by atoms with Gasteiger partial charge in [0.2, 0.25) is 0 Å². The van der Waals surface area contributed by atoms with Crippen LogP contribution in [-0.4, -0.2) is 0 Å². The second-order valence-electron chi connectivity index (χ2n) is 3.79. The van der Waals surface area contributed by atoms with Crippen molar-refractivity contribution in [3.63, 3.8) is 0 Å². The zero-order valence-corrected chi connectivity index (χ0v) is 8.23. The molecule has 0 heterocycles. The summed E-state index contributed by atoms with van der Waals surface area (Å²) in [5.41, 5.74) is 2.48. The molecule has 1 aromatic rings. The molecule has 0 radical (unpaired) electrons. The molecule has 1 aliphatic carbocycles. The van der Waals surface area contributed by atoms with E-state index in [1.54, 1.807) is 6.26 Å². The van der Waals surface area contributed by atoms with E-state index >= 15 is 0 Å². The Balaban J connectivity index is 2.09. The Morgan fingerprint density at radius 3 is 2.50 bits per heavy atom. The molecule has 1 atom stereocenters. The third-order valence-electron chi connectivity index (χ3n) is 2.68. The van der Waals surface area contributed by atoms with Crippen LogP contribution in [0.1, 0.15) is 42.9 Å². The SMILES string of the molecule is C[C@H](OC#N)c1ccc(C2CC2)cc1. The highest BCUT2D eigenvalue weighted by molar-refractivity contribution is 5.29. The topological polar surface area (TPSA) is 33.0 Å². The minimum absolute atomic E-state index is 0.131. The van der Waals surface area contributed by atoms with Gasteiger partial charge in [0.05, 0.1) is 0 Å². The van der Waals surface area contributed by atoms with Gasteiger partial charge < -0.3 is 4.74 Å². The van der Waals surface area contributed by atoms with Gasteiger partial charge in [0, 0.05) is 0 Å². The summed E-state index contributed by atoms with van der Waals surface area (Å²) < 4.78 is 4.85. The maximum absolute atomic E-state index is 8.38. The molecule has 0 bridgehead atoms. The predicted molar refractivity (Wildman–Crippen MR) is 53.5 cm³/mol. The van der Waals surface area contributed by atoms with Gasteiger partial charge in [0.15, 0.2) is 0 Å². The molecule has 0 N–H and O–H groups in total. The summed E-state index contributed by atoms with van der Waals surface area (Å²) in [7, 11) is 0. The summed E-state index contributed by atoms with van der Waals surface area (Å²) >= 11 is 0. The Morgan fingerprint density at radius 2 is 2.00 bits per heavy atom. The van der Waals surface area contributed by atoms with Crippen LogP contribution >= 0.6 is 0 Å². The Kier molecular flexibility index (Phi) is 2.41. The number of hydrogen-bond donors (Lipinski definition) is 0. The first-order chi connectivity index (χ1) is 6.81. The molecular formula is C12H13NO.